The average molecular weight is 657 g/mol. The van der Waals surface area contributed by atoms with Gasteiger partial charge in [0.05, 0.1) is 11.4 Å². The van der Waals surface area contributed by atoms with Crippen molar-refractivity contribution in [3.8, 4) is 56.4 Å². The molecular formula is C46H28N2OS. The molecule has 0 saturated heterocycles. The molecule has 234 valence electrons. The minimum Gasteiger partial charge on any atom is -0.456 e. The number of aromatic nitrogens is 2. The first-order valence-corrected chi connectivity index (χ1v) is 17.5. The van der Waals surface area contributed by atoms with Crippen molar-refractivity contribution < 1.29 is 4.42 Å². The smallest absolute Gasteiger partial charge is 0.160 e. The first-order valence-electron chi connectivity index (χ1n) is 16.7. The first-order chi connectivity index (χ1) is 24.7. The molecule has 0 aliphatic heterocycles. The number of furan rings is 1. The van der Waals surface area contributed by atoms with Crippen molar-refractivity contribution in [1.82, 2.24) is 9.97 Å². The molecule has 0 aliphatic carbocycles. The van der Waals surface area contributed by atoms with Gasteiger partial charge in [0.25, 0.3) is 0 Å². The van der Waals surface area contributed by atoms with Gasteiger partial charge in [0, 0.05) is 47.8 Å². The van der Waals surface area contributed by atoms with E-state index >= 15 is 0 Å². The molecule has 3 nitrogen and oxygen atoms in total. The Kier molecular flexibility index (Phi) is 6.68. The summed E-state index contributed by atoms with van der Waals surface area (Å²) >= 11 is 1.81. The van der Waals surface area contributed by atoms with Crippen LogP contribution in [-0.2, 0) is 0 Å². The normalized spacial score (nSPS) is 11.6. The van der Waals surface area contributed by atoms with E-state index in [4.69, 9.17) is 14.4 Å². The van der Waals surface area contributed by atoms with Crippen molar-refractivity contribution in [2.24, 2.45) is 0 Å². The SMILES string of the molecule is c1ccc2oc(-c3ccc(-c4cc(-c5ccc(-c6cccc7ccccc67)cc5)nc(-c5ccc6c(c5)sc5ccccc56)n4)cc3)cc2c1. The van der Waals surface area contributed by atoms with Crippen LogP contribution in [0, 0.1) is 0 Å². The Labute approximate surface area is 292 Å². The van der Waals surface area contributed by atoms with Gasteiger partial charge in [0.2, 0.25) is 0 Å². The largest absolute Gasteiger partial charge is 0.456 e. The van der Waals surface area contributed by atoms with E-state index in [9.17, 15) is 0 Å². The summed E-state index contributed by atoms with van der Waals surface area (Å²) < 4.78 is 8.66. The van der Waals surface area contributed by atoms with Gasteiger partial charge in [-0.05, 0) is 52.2 Å². The van der Waals surface area contributed by atoms with Crippen LogP contribution in [0.15, 0.2) is 174 Å². The lowest BCUT2D eigenvalue weighted by Crippen LogP contribution is -1.96. The molecule has 0 aliphatic rings. The summed E-state index contributed by atoms with van der Waals surface area (Å²) in [7, 11) is 0. The lowest BCUT2D eigenvalue weighted by Gasteiger charge is -2.11. The van der Waals surface area contributed by atoms with Crippen molar-refractivity contribution in [1.29, 1.82) is 0 Å². The quantitative estimate of drug-likeness (QED) is 0.185. The molecule has 7 aromatic carbocycles. The Balaban J connectivity index is 1.08. The van der Waals surface area contributed by atoms with Gasteiger partial charge >= 0.3 is 0 Å². The number of hydrogen-bond donors (Lipinski definition) is 0. The van der Waals surface area contributed by atoms with Gasteiger partial charge in [0.1, 0.15) is 11.3 Å². The molecule has 10 rings (SSSR count). The van der Waals surface area contributed by atoms with Crippen molar-refractivity contribution >= 4 is 53.3 Å². The van der Waals surface area contributed by atoms with E-state index in [-0.39, 0.29) is 0 Å². The summed E-state index contributed by atoms with van der Waals surface area (Å²) in [6, 6.07) is 59.7. The summed E-state index contributed by atoms with van der Waals surface area (Å²) in [5.41, 5.74) is 9.13. The molecule has 0 saturated carbocycles. The third-order valence-electron chi connectivity index (χ3n) is 9.54. The zero-order chi connectivity index (χ0) is 33.0. The van der Waals surface area contributed by atoms with Gasteiger partial charge in [-0.1, -0.05) is 140 Å². The van der Waals surface area contributed by atoms with Crippen molar-refractivity contribution in [3.63, 3.8) is 0 Å². The second-order valence-electron chi connectivity index (χ2n) is 12.6. The summed E-state index contributed by atoms with van der Waals surface area (Å²) in [5.74, 6) is 1.56. The van der Waals surface area contributed by atoms with E-state index in [1.807, 2.05) is 29.5 Å². The number of benzene rings is 7. The molecule has 0 atom stereocenters. The van der Waals surface area contributed by atoms with Crippen LogP contribution in [0.5, 0.6) is 0 Å². The fraction of sp³-hybridized carbons (Fsp3) is 0. The summed E-state index contributed by atoms with van der Waals surface area (Å²) in [4.78, 5) is 10.3. The molecule has 0 bridgehead atoms. The minimum atomic E-state index is 0.705. The average Bonchev–Trinajstić information content (AvgIpc) is 3.79. The monoisotopic (exact) mass is 656 g/mol. The molecule has 3 heterocycles. The Morgan fingerprint density at radius 3 is 1.78 bits per heavy atom. The van der Waals surface area contributed by atoms with Crippen LogP contribution < -0.4 is 0 Å². The Morgan fingerprint density at radius 2 is 1.00 bits per heavy atom. The topological polar surface area (TPSA) is 38.9 Å². The van der Waals surface area contributed by atoms with Crippen LogP contribution >= 0.6 is 11.3 Å². The van der Waals surface area contributed by atoms with Gasteiger partial charge in [-0.2, -0.15) is 0 Å². The molecule has 4 heteroatoms. The van der Waals surface area contributed by atoms with Crippen LogP contribution in [0.2, 0.25) is 0 Å². The van der Waals surface area contributed by atoms with E-state index < -0.39 is 0 Å². The van der Waals surface area contributed by atoms with Gasteiger partial charge in [-0.25, -0.2) is 9.97 Å². The lowest BCUT2D eigenvalue weighted by molar-refractivity contribution is 0.631. The van der Waals surface area contributed by atoms with E-state index in [0.29, 0.717) is 5.82 Å². The van der Waals surface area contributed by atoms with Gasteiger partial charge in [-0.15, -0.1) is 11.3 Å². The van der Waals surface area contributed by atoms with Crippen molar-refractivity contribution in [2.75, 3.05) is 0 Å². The van der Waals surface area contributed by atoms with Crippen molar-refractivity contribution in [3.05, 3.63) is 170 Å². The summed E-state index contributed by atoms with van der Waals surface area (Å²) in [6.07, 6.45) is 0. The Bertz CT molecular complexity index is 2830. The molecule has 0 radical (unpaired) electrons. The highest BCUT2D eigenvalue weighted by molar-refractivity contribution is 7.25. The molecule has 0 fully saturated rings. The summed E-state index contributed by atoms with van der Waals surface area (Å²) in [6.45, 7) is 0. The highest BCUT2D eigenvalue weighted by Gasteiger charge is 2.14. The first kappa shape index (κ1) is 28.6. The fourth-order valence-electron chi connectivity index (χ4n) is 6.96. The Hall–Kier alpha value is -6.36. The molecule has 0 N–H and O–H groups in total. The predicted octanol–water partition coefficient (Wildman–Crippen LogP) is 13.1. The van der Waals surface area contributed by atoms with Crippen LogP contribution in [0.25, 0.3) is 98.3 Å². The van der Waals surface area contributed by atoms with Crippen LogP contribution in [0.3, 0.4) is 0 Å². The molecule has 0 unspecified atom stereocenters. The van der Waals surface area contributed by atoms with Gasteiger partial charge in [0.15, 0.2) is 5.82 Å². The molecular weight excluding hydrogens is 629 g/mol. The van der Waals surface area contributed by atoms with Crippen LogP contribution in [-0.4, -0.2) is 9.97 Å². The summed E-state index contributed by atoms with van der Waals surface area (Å²) in [5, 5.41) is 6.12. The molecule has 50 heavy (non-hydrogen) atoms. The van der Waals surface area contributed by atoms with E-state index in [1.165, 1.54) is 42.1 Å². The van der Waals surface area contributed by atoms with Crippen LogP contribution in [0.1, 0.15) is 0 Å². The fourth-order valence-corrected chi connectivity index (χ4v) is 8.11. The van der Waals surface area contributed by atoms with Gasteiger partial charge in [-0.3, -0.25) is 0 Å². The second kappa shape index (κ2) is 11.7. The number of fused-ring (bicyclic) bond motifs is 5. The number of thiophene rings is 1. The zero-order valence-electron chi connectivity index (χ0n) is 26.9. The third-order valence-corrected chi connectivity index (χ3v) is 10.7. The maximum atomic E-state index is 6.15. The van der Waals surface area contributed by atoms with Crippen molar-refractivity contribution in [2.45, 2.75) is 0 Å². The highest BCUT2D eigenvalue weighted by atomic mass is 32.1. The maximum absolute atomic E-state index is 6.15. The van der Waals surface area contributed by atoms with E-state index in [2.05, 4.69) is 152 Å². The van der Waals surface area contributed by atoms with E-state index in [0.717, 1.165) is 50.4 Å². The second-order valence-corrected chi connectivity index (χ2v) is 13.7. The molecule has 0 spiro atoms. The molecule has 3 aromatic heterocycles. The molecule has 10 aromatic rings. The van der Waals surface area contributed by atoms with E-state index in [1.54, 1.807) is 0 Å². The number of rotatable bonds is 5. The number of hydrogen-bond acceptors (Lipinski definition) is 4. The standard InChI is InChI=1S/C46H28N2OS/c1-3-11-36-29(8-1)10-7-13-37(36)30-16-18-31(19-17-30)40-28-41(32-20-22-33(23-21-32)43-26-34-9-2-5-14-42(34)49-43)48-46(47-40)35-24-25-39-38-12-4-6-15-44(38)50-45(39)27-35/h1-28H. The van der Waals surface area contributed by atoms with Gasteiger partial charge < -0.3 is 4.42 Å². The van der Waals surface area contributed by atoms with Crippen LogP contribution in [0.4, 0.5) is 0 Å². The number of nitrogens with zero attached hydrogens (tertiary/aromatic N) is 2. The highest BCUT2D eigenvalue weighted by Crippen LogP contribution is 2.37. The minimum absolute atomic E-state index is 0.705. The lowest BCUT2D eigenvalue weighted by atomic mass is 9.97. The Morgan fingerprint density at radius 1 is 0.400 bits per heavy atom. The maximum Gasteiger partial charge on any atom is 0.160 e. The predicted molar refractivity (Wildman–Crippen MR) is 209 cm³/mol. The number of para-hydroxylation sites is 1. The third kappa shape index (κ3) is 4.97. The zero-order valence-corrected chi connectivity index (χ0v) is 27.7. The molecule has 0 amide bonds.